The van der Waals surface area contributed by atoms with Gasteiger partial charge in [-0.3, -0.25) is 4.98 Å². The van der Waals surface area contributed by atoms with Crippen LogP contribution in [-0.4, -0.2) is 21.3 Å². The van der Waals surface area contributed by atoms with Crippen LogP contribution in [-0.2, 0) is 0 Å². The number of aromatic nitrogens is 3. The molecule has 5 heteroatoms. The van der Waals surface area contributed by atoms with Crippen molar-refractivity contribution < 1.29 is 0 Å². The summed E-state index contributed by atoms with van der Waals surface area (Å²) in [5, 5.41) is 7.69. The number of halogens is 1. The van der Waals surface area contributed by atoms with Gasteiger partial charge in [-0.1, -0.05) is 6.92 Å². The zero-order chi connectivity index (χ0) is 13.0. The van der Waals surface area contributed by atoms with Crippen LogP contribution in [0.15, 0.2) is 30.7 Å². The fourth-order valence-electron chi connectivity index (χ4n) is 1.70. The van der Waals surface area contributed by atoms with E-state index in [1.54, 1.807) is 0 Å². The number of hydrogen-bond donors (Lipinski definition) is 1. The lowest BCUT2D eigenvalue weighted by molar-refractivity contribution is 0.558. The van der Waals surface area contributed by atoms with E-state index in [9.17, 15) is 0 Å². The van der Waals surface area contributed by atoms with Gasteiger partial charge in [0.25, 0.3) is 0 Å². The zero-order valence-electron chi connectivity index (χ0n) is 10.6. The Kier molecular flexibility index (Phi) is 4.71. The molecule has 2 rings (SSSR count). The van der Waals surface area contributed by atoms with Crippen LogP contribution in [0.4, 0.5) is 0 Å². The first-order valence-electron chi connectivity index (χ1n) is 6.10. The summed E-state index contributed by atoms with van der Waals surface area (Å²) in [5.74, 6) is 0. The van der Waals surface area contributed by atoms with Gasteiger partial charge in [-0.05, 0) is 54.6 Å². The first-order chi connectivity index (χ1) is 8.70. The Labute approximate surface area is 121 Å². The van der Waals surface area contributed by atoms with E-state index in [1.165, 1.54) is 0 Å². The molecule has 0 amide bonds. The van der Waals surface area contributed by atoms with Crippen molar-refractivity contribution in [2.45, 2.75) is 26.3 Å². The van der Waals surface area contributed by atoms with Crippen LogP contribution in [0.2, 0.25) is 0 Å². The van der Waals surface area contributed by atoms with Gasteiger partial charge in [0.1, 0.15) is 0 Å². The molecule has 18 heavy (non-hydrogen) atoms. The Bertz CT molecular complexity index is 492. The molecule has 2 heterocycles. The molecule has 0 aliphatic rings. The van der Waals surface area contributed by atoms with Crippen LogP contribution in [0, 0.1) is 3.57 Å². The standard InChI is InChI=1S/C13H17IN4/c1-3-6-15-10(2)13-5-4-12(8-16-13)18-9-11(14)7-17-18/h4-5,7-10,15H,3,6H2,1-2H3. The molecule has 96 valence electrons. The maximum atomic E-state index is 4.49. The highest BCUT2D eigenvalue weighted by Gasteiger charge is 2.06. The van der Waals surface area contributed by atoms with Gasteiger partial charge in [0.15, 0.2) is 0 Å². The Balaban J connectivity index is 2.10. The van der Waals surface area contributed by atoms with Crippen molar-refractivity contribution in [1.29, 1.82) is 0 Å². The summed E-state index contributed by atoms with van der Waals surface area (Å²) in [5.41, 5.74) is 2.05. The second-order valence-electron chi connectivity index (χ2n) is 4.22. The minimum Gasteiger partial charge on any atom is -0.309 e. The molecule has 0 radical (unpaired) electrons. The first kappa shape index (κ1) is 13.5. The van der Waals surface area contributed by atoms with Gasteiger partial charge in [-0.25, -0.2) is 4.68 Å². The molecule has 1 N–H and O–H groups in total. The van der Waals surface area contributed by atoms with Crippen LogP contribution in [0.5, 0.6) is 0 Å². The van der Waals surface area contributed by atoms with Crippen molar-refractivity contribution in [3.63, 3.8) is 0 Å². The average molecular weight is 356 g/mol. The van der Waals surface area contributed by atoms with Crippen LogP contribution in [0.1, 0.15) is 32.0 Å². The molecule has 2 aromatic heterocycles. The van der Waals surface area contributed by atoms with E-state index in [-0.39, 0.29) is 6.04 Å². The highest BCUT2D eigenvalue weighted by molar-refractivity contribution is 14.1. The van der Waals surface area contributed by atoms with Crippen LogP contribution in [0.25, 0.3) is 5.69 Å². The smallest absolute Gasteiger partial charge is 0.0829 e. The summed E-state index contributed by atoms with van der Waals surface area (Å²) in [4.78, 5) is 4.49. The molecule has 4 nitrogen and oxygen atoms in total. The van der Waals surface area contributed by atoms with Crippen LogP contribution in [0.3, 0.4) is 0 Å². The third kappa shape index (κ3) is 3.29. The maximum absolute atomic E-state index is 4.49. The molecule has 0 aliphatic heterocycles. The maximum Gasteiger partial charge on any atom is 0.0829 e. The zero-order valence-corrected chi connectivity index (χ0v) is 12.8. The molecule has 0 bridgehead atoms. The van der Waals surface area contributed by atoms with Gasteiger partial charge >= 0.3 is 0 Å². The fraction of sp³-hybridized carbons (Fsp3) is 0.385. The molecule has 2 aromatic rings. The Morgan fingerprint density at radius 2 is 2.22 bits per heavy atom. The van der Waals surface area contributed by atoms with Crippen LogP contribution >= 0.6 is 22.6 Å². The third-order valence-corrected chi connectivity index (χ3v) is 3.29. The molecule has 0 aliphatic carbocycles. The van der Waals surface area contributed by atoms with E-state index in [4.69, 9.17) is 0 Å². The number of hydrogen-bond acceptors (Lipinski definition) is 3. The molecule has 0 spiro atoms. The monoisotopic (exact) mass is 356 g/mol. The van der Waals surface area contributed by atoms with Crippen molar-refractivity contribution in [3.05, 3.63) is 40.0 Å². The highest BCUT2D eigenvalue weighted by Crippen LogP contribution is 2.13. The SMILES string of the molecule is CCCNC(C)c1ccc(-n2cc(I)cn2)cn1. The van der Waals surface area contributed by atoms with E-state index >= 15 is 0 Å². The van der Waals surface area contributed by atoms with Gasteiger partial charge in [0.2, 0.25) is 0 Å². The average Bonchev–Trinajstić information content (AvgIpc) is 2.83. The summed E-state index contributed by atoms with van der Waals surface area (Å²) >= 11 is 2.25. The lowest BCUT2D eigenvalue weighted by atomic mass is 10.2. The summed E-state index contributed by atoms with van der Waals surface area (Å²) in [6.45, 7) is 5.31. The largest absolute Gasteiger partial charge is 0.309 e. The number of nitrogens with zero attached hydrogens (tertiary/aromatic N) is 3. The van der Waals surface area contributed by atoms with E-state index in [0.29, 0.717) is 0 Å². The minimum atomic E-state index is 0.289. The van der Waals surface area contributed by atoms with Gasteiger partial charge in [-0.15, -0.1) is 0 Å². The molecule has 0 saturated carbocycles. The molecular formula is C13H17IN4. The van der Waals surface area contributed by atoms with E-state index in [0.717, 1.165) is 27.9 Å². The van der Waals surface area contributed by atoms with Gasteiger partial charge in [-0.2, -0.15) is 5.10 Å². The van der Waals surface area contributed by atoms with Gasteiger partial charge < -0.3 is 5.32 Å². The number of rotatable bonds is 5. The molecule has 0 aromatic carbocycles. The minimum absolute atomic E-state index is 0.289. The summed E-state index contributed by atoms with van der Waals surface area (Å²) in [7, 11) is 0. The van der Waals surface area contributed by atoms with Crippen molar-refractivity contribution in [3.8, 4) is 5.69 Å². The number of pyridine rings is 1. The Morgan fingerprint density at radius 3 is 2.78 bits per heavy atom. The number of nitrogens with one attached hydrogen (secondary N) is 1. The first-order valence-corrected chi connectivity index (χ1v) is 7.18. The van der Waals surface area contributed by atoms with Crippen molar-refractivity contribution >= 4 is 22.6 Å². The molecule has 0 saturated heterocycles. The van der Waals surface area contributed by atoms with Crippen LogP contribution < -0.4 is 5.32 Å². The van der Waals surface area contributed by atoms with Crippen molar-refractivity contribution in [1.82, 2.24) is 20.1 Å². The summed E-state index contributed by atoms with van der Waals surface area (Å²) in [6, 6.07) is 4.39. The molecular weight excluding hydrogens is 339 g/mol. The predicted octanol–water partition coefficient (Wildman–Crippen LogP) is 2.93. The fourth-order valence-corrected chi connectivity index (χ4v) is 2.09. The predicted molar refractivity (Wildman–Crippen MR) is 80.8 cm³/mol. The topological polar surface area (TPSA) is 42.7 Å². The lowest BCUT2D eigenvalue weighted by Crippen LogP contribution is -2.20. The summed E-state index contributed by atoms with van der Waals surface area (Å²) in [6.07, 6.45) is 6.81. The van der Waals surface area contributed by atoms with Gasteiger partial charge in [0, 0.05) is 12.2 Å². The highest BCUT2D eigenvalue weighted by atomic mass is 127. The lowest BCUT2D eigenvalue weighted by Gasteiger charge is -2.12. The van der Waals surface area contributed by atoms with E-state index < -0.39 is 0 Å². The second kappa shape index (κ2) is 6.29. The molecule has 0 fully saturated rings. The molecule has 1 unspecified atom stereocenters. The van der Waals surface area contributed by atoms with Gasteiger partial charge in [0.05, 0.1) is 27.3 Å². The summed E-state index contributed by atoms with van der Waals surface area (Å²) < 4.78 is 2.96. The quantitative estimate of drug-likeness (QED) is 0.838. The van der Waals surface area contributed by atoms with E-state index in [2.05, 4.69) is 64.0 Å². The van der Waals surface area contributed by atoms with Crippen molar-refractivity contribution in [2.24, 2.45) is 0 Å². The normalized spacial score (nSPS) is 12.6. The van der Waals surface area contributed by atoms with E-state index in [1.807, 2.05) is 23.3 Å². The van der Waals surface area contributed by atoms with Crippen molar-refractivity contribution in [2.75, 3.05) is 6.54 Å². The molecule has 1 atom stereocenters. The Morgan fingerprint density at radius 1 is 1.39 bits per heavy atom. The second-order valence-corrected chi connectivity index (χ2v) is 5.47. The Hall–Kier alpha value is -0.950. The third-order valence-electron chi connectivity index (χ3n) is 2.73.